The normalized spacial score (nSPS) is 13.7. The maximum Gasteiger partial charge on any atom is 0.119 e. The van der Waals surface area contributed by atoms with Crippen LogP contribution in [0.1, 0.15) is 22.3 Å². The lowest BCUT2D eigenvalue weighted by atomic mass is 9.68. The fourth-order valence-corrected chi connectivity index (χ4v) is 4.55. The lowest BCUT2D eigenvalue weighted by Crippen LogP contribution is -2.28. The van der Waals surface area contributed by atoms with E-state index in [1.54, 1.807) is 7.11 Å². The van der Waals surface area contributed by atoms with Gasteiger partial charge in [-0.25, -0.2) is 0 Å². The fourth-order valence-electron chi connectivity index (χ4n) is 4.55. The first-order valence-electron chi connectivity index (χ1n) is 9.25. The molecule has 0 atom stereocenters. The van der Waals surface area contributed by atoms with E-state index in [1.807, 2.05) is 0 Å². The molecule has 0 aromatic heterocycles. The topological polar surface area (TPSA) is 9.23 Å². The molecule has 0 heterocycles. The molecule has 5 rings (SSSR count). The minimum Gasteiger partial charge on any atom is -0.497 e. The van der Waals surface area contributed by atoms with Crippen LogP contribution in [-0.2, 0) is 5.41 Å². The summed E-state index contributed by atoms with van der Waals surface area (Å²) in [5.74, 6) is 0.887. The van der Waals surface area contributed by atoms with Gasteiger partial charge in [0.25, 0.3) is 0 Å². The number of fused-ring (bicyclic) bond motifs is 3. The maximum atomic E-state index is 5.60. The number of hydrogen-bond donors (Lipinski definition) is 0. The smallest absolute Gasteiger partial charge is 0.119 e. The van der Waals surface area contributed by atoms with Crippen LogP contribution in [0, 0.1) is 0 Å². The van der Waals surface area contributed by atoms with Crippen molar-refractivity contribution in [1.82, 2.24) is 0 Å². The standard InChI is InChI=1S/C26H20O/c1-27-21-16-17-23-22-14-8-9-15-24(22)26(25(23)18-21,19-10-4-2-5-11-19)20-12-6-3-7-13-20/h2-18H,1H3. The lowest BCUT2D eigenvalue weighted by molar-refractivity contribution is 0.414. The van der Waals surface area contributed by atoms with E-state index < -0.39 is 0 Å². The van der Waals surface area contributed by atoms with Crippen LogP contribution < -0.4 is 4.74 Å². The minimum absolute atomic E-state index is 0.344. The highest BCUT2D eigenvalue weighted by molar-refractivity contribution is 5.86. The summed E-state index contributed by atoms with van der Waals surface area (Å²) in [6.07, 6.45) is 0. The van der Waals surface area contributed by atoms with Gasteiger partial charge in [0.1, 0.15) is 5.75 Å². The van der Waals surface area contributed by atoms with E-state index in [9.17, 15) is 0 Å². The largest absolute Gasteiger partial charge is 0.497 e. The van der Waals surface area contributed by atoms with Crippen molar-refractivity contribution in [3.63, 3.8) is 0 Å². The highest BCUT2D eigenvalue weighted by Gasteiger charge is 2.46. The first-order valence-corrected chi connectivity index (χ1v) is 9.25. The van der Waals surface area contributed by atoms with Gasteiger partial charge < -0.3 is 4.74 Å². The third-order valence-corrected chi connectivity index (χ3v) is 5.67. The van der Waals surface area contributed by atoms with E-state index in [0.717, 1.165) is 5.75 Å². The van der Waals surface area contributed by atoms with Crippen LogP contribution in [0.2, 0.25) is 0 Å². The van der Waals surface area contributed by atoms with E-state index in [1.165, 1.54) is 33.4 Å². The molecule has 0 spiro atoms. The van der Waals surface area contributed by atoms with Crippen molar-refractivity contribution in [3.05, 3.63) is 125 Å². The Morgan fingerprint density at radius 1 is 0.556 bits per heavy atom. The fraction of sp³-hybridized carbons (Fsp3) is 0.0769. The van der Waals surface area contributed by atoms with Crippen molar-refractivity contribution >= 4 is 0 Å². The predicted octanol–water partition coefficient (Wildman–Crippen LogP) is 6.06. The molecule has 0 unspecified atom stereocenters. The molecule has 0 radical (unpaired) electrons. The average Bonchev–Trinajstić information content (AvgIpc) is 3.05. The van der Waals surface area contributed by atoms with Crippen molar-refractivity contribution in [2.75, 3.05) is 7.11 Å². The second kappa shape index (κ2) is 6.14. The van der Waals surface area contributed by atoms with Gasteiger partial charge in [0, 0.05) is 0 Å². The van der Waals surface area contributed by atoms with Crippen molar-refractivity contribution < 1.29 is 4.74 Å². The van der Waals surface area contributed by atoms with E-state index >= 15 is 0 Å². The summed E-state index contributed by atoms with van der Waals surface area (Å²) >= 11 is 0. The maximum absolute atomic E-state index is 5.60. The molecule has 4 aromatic rings. The summed E-state index contributed by atoms with van der Waals surface area (Å²) in [6.45, 7) is 0. The Morgan fingerprint density at radius 3 is 1.74 bits per heavy atom. The Balaban J connectivity index is 1.97. The number of methoxy groups -OCH3 is 1. The number of hydrogen-bond acceptors (Lipinski definition) is 1. The second-order valence-corrected chi connectivity index (χ2v) is 6.94. The zero-order chi connectivity index (χ0) is 18.3. The van der Waals surface area contributed by atoms with Crippen molar-refractivity contribution in [2.45, 2.75) is 5.41 Å². The summed E-state index contributed by atoms with van der Waals surface area (Å²) in [7, 11) is 1.73. The third kappa shape index (κ3) is 2.18. The molecule has 0 saturated heterocycles. The summed E-state index contributed by atoms with van der Waals surface area (Å²) in [5, 5.41) is 0. The van der Waals surface area contributed by atoms with Crippen LogP contribution in [0.25, 0.3) is 11.1 Å². The van der Waals surface area contributed by atoms with Crippen LogP contribution in [-0.4, -0.2) is 7.11 Å². The van der Waals surface area contributed by atoms with Gasteiger partial charge in [0.2, 0.25) is 0 Å². The Hall–Kier alpha value is -3.32. The van der Waals surface area contributed by atoms with Crippen LogP contribution in [0.3, 0.4) is 0 Å². The van der Waals surface area contributed by atoms with Gasteiger partial charge in [-0.15, -0.1) is 0 Å². The second-order valence-electron chi connectivity index (χ2n) is 6.94. The number of benzene rings is 4. The van der Waals surface area contributed by atoms with Crippen molar-refractivity contribution in [1.29, 1.82) is 0 Å². The van der Waals surface area contributed by atoms with Gasteiger partial charge in [-0.05, 0) is 45.5 Å². The molecule has 0 fully saturated rings. The number of ether oxygens (including phenoxy) is 1. The molecule has 0 bridgehead atoms. The zero-order valence-electron chi connectivity index (χ0n) is 15.2. The molecular formula is C26H20O. The van der Waals surface area contributed by atoms with E-state index in [2.05, 4.69) is 103 Å². The monoisotopic (exact) mass is 348 g/mol. The summed E-state index contributed by atoms with van der Waals surface area (Å²) in [4.78, 5) is 0. The van der Waals surface area contributed by atoms with Gasteiger partial charge in [-0.1, -0.05) is 91.0 Å². The van der Waals surface area contributed by atoms with Crippen LogP contribution >= 0.6 is 0 Å². The quantitative estimate of drug-likeness (QED) is 0.385. The first kappa shape index (κ1) is 15.9. The third-order valence-electron chi connectivity index (χ3n) is 5.67. The Kier molecular flexibility index (Phi) is 3.61. The molecule has 27 heavy (non-hydrogen) atoms. The molecule has 1 heteroatoms. The first-order chi connectivity index (χ1) is 13.4. The van der Waals surface area contributed by atoms with Crippen LogP contribution in [0.5, 0.6) is 5.75 Å². The molecule has 1 aliphatic carbocycles. The van der Waals surface area contributed by atoms with E-state index in [0.29, 0.717) is 0 Å². The predicted molar refractivity (Wildman–Crippen MR) is 110 cm³/mol. The summed E-state index contributed by atoms with van der Waals surface area (Å²) in [6, 6.07) is 36.8. The number of rotatable bonds is 3. The van der Waals surface area contributed by atoms with Gasteiger partial charge in [-0.2, -0.15) is 0 Å². The summed E-state index contributed by atoms with van der Waals surface area (Å²) in [5.41, 5.74) is 7.38. The van der Waals surface area contributed by atoms with E-state index in [4.69, 9.17) is 4.74 Å². The van der Waals surface area contributed by atoms with Gasteiger partial charge in [0.05, 0.1) is 12.5 Å². The zero-order valence-corrected chi connectivity index (χ0v) is 15.2. The molecular weight excluding hydrogens is 328 g/mol. The van der Waals surface area contributed by atoms with Gasteiger partial charge in [-0.3, -0.25) is 0 Å². The molecule has 0 amide bonds. The van der Waals surface area contributed by atoms with E-state index in [-0.39, 0.29) is 5.41 Å². The molecule has 0 aliphatic heterocycles. The lowest BCUT2D eigenvalue weighted by Gasteiger charge is -2.33. The van der Waals surface area contributed by atoms with Crippen molar-refractivity contribution in [2.24, 2.45) is 0 Å². The molecule has 4 aromatic carbocycles. The SMILES string of the molecule is COc1ccc2c(c1)C(c1ccccc1)(c1ccccc1)c1ccccc1-2. The Morgan fingerprint density at radius 2 is 1.11 bits per heavy atom. The molecule has 130 valence electrons. The highest BCUT2D eigenvalue weighted by atomic mass is 16.5. The van der Waals surface area contributed by atoms with Gasteiger partial charge >= 0.3 is 0 Å². The highest BCUT2D eigenvalue weighted by Crippen LogP contribution is 2.56. The Labute approximate surface area is 159 Å². The van der Waals surface area contributed by atoms with Gasteiger partial charge in [0.15, 0.2) is 0 Å². The Bertz CT molecular complexity index is 1060. The molecule has 1 nitrogen and oxygen atoms in total. The molecule has 0 N–H and O–H groups in total. The van der Waals surface area contributed by atoms with Crippen molar-refractivity contribution in [3.8, 4) is 16.9 Å². The molecule has 0 saturated carbocycles. The minimum atomic E-state index is -0.344. The van der Waals surface area contributed by atoms with Crippen LogP contribution in [0.4, 0.5) is 0 Å². The average molecular weight is 348 g/mol. The molecule has 1 aliphatic rings. The summed E-state index contributed by atoms with van der Waals surface area (Å²) < 4.78 is 5.60. The van der Waals surface area contributed by atoms with Crippen LogP contribution in [0.15, 0.2) is 103 Å².